The molecule has 0 radical (unpaired) electrons. The lowest BCUT2D eigenvalue weighted by Gasteiger charge is -2.44. The van der Waals surface area contributed by atoms with Gasteiger partial charge in [0.15, 0.2) is 11.6 Å². The molecule has 0 bridgehead atoms. The molecule has 0 spiro atoms. The molecule has 13 heteroatoms. The van der Waals surface area contributed by atoms with Gasteiger partial charge < -0.3 is 10.5 Å². The van der Waals surface area contributed by atoms with E-state index in [0.29, 0.717) is 11.1 Å². The highest BCUT2D eigenvalue weighted by molar-refractivity contribution is 7.87. The third kappa shape index (κ3) is 4.60. The maximum absolute atomic E-state index is 13.8. The van der Waals surface area contributed by atoms with Gasteiger partial charge in [0, 0.05) is 13.5 Å². The Morgan fingerprint density at radius 3 is 2.11 bits per heavy atom. The highest BCUT2D eigenvalue weighted by Gasteiger charge is 2.67. The minimum Gasteiger partial charge on any atom is -0.497 e. The lowest BCUT2D eigenvalue weighted by Crippen LogP contribution is -2.59. The van der Waals surface area contributed by atoms with Crippen LogP contribution in [-0.4, -0.2) is 50.5 Å². The van der Waals surface area contributed by atoms with Gasteiger partial charge in [0.25, 0.3) is 5.91 Å². The standard InChI is InChI=1S/C24H22F3N3O5S.ClH/c1-30-20(31)23(29-21(30)28,18-11-7-4-8-12-18)22(35-36(32,33)24(25,26)27)14-17(13-19(15-22)34-2)16-9-5-3-6-10-16;/h3-13,15H,14H2,1-2H3,(H2,28,29);1H. The first kappa shape index (κ1) is 28.2. The molecule has 37 heavy (non-hydrogen) atoms. The molecular weight excluding hydrogens is 535 g/mol. The van der Waals surface area contributed by atoms with Crippen molar-refractivity contribution in [1.29, 1.82) is 0 Å². The number of halogens is 4. The normalized spacial score (nSPS) is 24.1. The minimum absolute atomic E-state index is 0. The number of benzene rings is 2. The molecule has 2 atom stereocenters. The molecule has 1 aliphatic carbocycles. The number of rotatable bonds is 6. The molecule has 2 unspecified atom stereocenters. The van der Waals surface area contributed by atoms with Crippen LogP contribution in [0.4, 0.5) is 13.2 Å². The van der Waals surface area contributed by atoms with Crippen LogP contribution in [0.15, 0.2) is 83.6 Å². The van der Waals surface area contributed by atoms with E-state index in [-0.39, 0.29) is 29.7 Å². The molecule has 0 saturated carbocycles. The van der Waals surface area contributed by atoms with Gasteiger partial charge in [-0.3, -0.25) is 9.69 Å². The van der Waals surface area contributed by atoms with Crippen molar-refractivity contribution in [3.63, 3.8) is 0 Å². The van der Waals surface area contributed by atoms with Crippen LogP contribution in [0.25, 0.3) is 5.57 Å². The molecule has 2 aliphatic rings. The van der Waals surface area contributed by atoms with Crippen molar-refractivity contribution in [2.45, 2.75) is 23.1 Å². The third-order valence-electron chi connectivity index (χ3n) is 6.11. The average molecular weight is 558 g/mol. The summed E-state index contributed by atoms with van der Waals surface area (Å²) < 4.78 is 76.5. The second kappa shape index (κ2) is 9.84. The zero-order valence-corrected chi connectivity index (χ0v) is 21.2. The molecular formula is C24H23ClF3N3O5S. The number of hydrogen-bond donors (Lipinski definition) is 1. The fraction of sp³-hybridized carbons (Fsp3) is 0.250. The molecule has 2 aromatic carbocycles. The Morgan fingerprint density at radius 1 is 1.05 bits per heavy atom. The lowest BCUT2D eigenvalue weighted by atomic mass is 9.68. The fourth-order valence-electron chi connectivity index (χ4n) is 4.40. The van der Waals surface area contributed by atoms with E-state index in [9.17, 15) is 26.4 Å². The summed E-state index contributed by atoms with van der Waals surface area (Å²) in [7, 11) is -3.70. The van der Waals surface area contributed by atoms with E-state index in [1.807, 2.05) is 0 Å². The van der Waals surface area contributed by atoms with Crippen molar-refractivity contribution in [1.82, 2.24) is 4.90 Å². The van der Waals surface area contributed by atoms with E-state index in [2.05, 4.69) is 4.99 Å². The van der Waals surface area contributed by atoms with Gasteiger partial charge in [-0.2, -0.15) is 21.6 Å². The summed E-state index contributed by atoms with van der Waals surface area (Å²) in [4.78, 5) is 19.0. The van der Waals surface area contributed by atoms with Crippen LogP contribution in [0, 0.1) is 0 Å². The number of nitrogens with zero attached hydrogens (tertiary/aromatic N) is 2. The summed E-state index contributed by atoms with van der Waals surface area (Å²) in [5.41, 5.74) is -3.69. The number of methoxy groups -OCH3 is 1. The van der Waals surface area contributed by atoms with Gasteiger partial charge in [-0.15, -0.1) is 12.4 Å². The van der Waals surface area contributed by atoms with Gasteiger partial charge in [0.1, 0.15) is 5.76 Å². The van der Waals surface area contributed by atoms with Crippen LogP contribution in [-0.2, 0) is 29.4 Å². The van der Waals surface area contributed by atoms with E-state index in [1.165, 1.54) is 44.5 Å². The monoisotopic (exact) mass is 557 g/mol. The van der Waals surface area contributed by atoms with Gasteiger partial charge in [-0.25, -0.2) is 9.18 Å². The summed E-state index contributed by atoms with van der Waals surface area (Å²) in [5.74, 6) is -1.21. The van der Waals surface area contributed by atoms with Crippen LogP contribution in [0.1, 0.15) is 17.5 Å². The Balaban J connectivity index is 0.00000380. The molecule has 1 heterocycles. The quantitative estimate of drug-likeness (QED) is 0.428. The van der Waals surface area contributed by atoms with E-state index >= 15 is 0 Å². The van der Waals surface area contributed by atoms with Crippen molar-refractivity contribution in [3.8, 4) is 0 Å². The number of ether oxygens (including phenoxy) is 1. The van der Waals surface area contributed by atoms with Crippen LogP contribution < -0.4 is 5.73 Å². The molecule has 0 saturated heterocycles. The summed E-state index contributed by atoms with van der Waals surface area (Å²) in [6, 6.07) is 16.1. The van der Waals surface area contributed by atoms with Gasteiger partial charge in [0.2, 0.25) is 5.54 Å². The number of carbonyl (C=O) groups excluding carboxylic acids is 1. The molecule has 2 aromatic rings. The largest absolute Gasteiger partial charge is 0.523 e. The highest BCUT2D eigenvalue weighted by Crippen LogP contribution is 2.53. The molecule has 2 N–H and O–H groups in total. The maximum Gasteiger partial charge on any atom is 0.523 e. The molecule has 0 fully saturated rings. The predicted octanol–water partition coefficient (Wildman–Crippen LogP) is 3.71. The summed E-state index contributed by atoms with van der Waals surface area (Å²) in [6.45, 7) is 0. The first-order valence-electron chi connectivity index (χ1n) is 10.6. The van der Waals surface area contributed by atoms with Crippen LogP contribution in [0.2, 0.25) is 0 Å². The number of alkyl halides is 3. The Labute approximate surface area is 217 Å². The Bertz CT molecular complexity index is 1380. The van der Waals surface area contributed by atoms with E-state index in [0.717, 1.165) is 11.0 Å². The second-order valence-corrected chi connectivity index (χ2v) is 9.78. The molecule has 8 nitrogen and oxygen atoms in total. The number of amides is 1. The maximum atomic E-state index is 13.8. The van der Waals surface area contributed by atoms with Gasteiger partial charge in [-0.05, 0) is 28.9 Å². The summed E-state index contributed by atoms with van der Waals surface area (Å²) in [6.07, 6.45) is 2.10. The van der Waals surface area contributed by atoms with Crippen molar-refractivity contribution in [3.05, 3.63) is 89.7 Å². The van der Waals surface area contributed by atoms with Crippen LogP contribution in [0.3, 0.4) is 0 Å². The molecule has 1 amide bonds. The number of guanidine groups is 1. The highest BCUT2D eigenvalue weighted by atomic mass is 35.5. The fourth-order valence-corrected chi connectivity index (χ4v) is 5.12. The minimum atomic E-state index is -6.24. The first-order valence-corrected chi connectivity index (χ1v) is 12.0. The number of aliphatic imine (C=N–C) groups is 1. The van der Waals surface area contributed by atoms with Crippen LogP contribution >= 0.6 is 12.4 Å². The Hall–Kier alpha value is -3.35. The number of likely N-dealkylation sites (N-methyl/N-ethyl adjacent to an activating group) is 1. The topological polar surface area (TPSA) is 111 Å². The molecule has 1 aliphatic heterocycles. The van der Waals surface area contributed by atoms with E-state index in [1.54, 1.807) is 36.4 Å². The molecule has 4 rings (SSSR count). The summed E-state index contributed by atoms with van der Waals surface area (Å²) >= 11 is 0. The number of hydrogen-bond acceptors (Lipinski definition) is 7. The third-order valence-corrected chi connectivity index (χ3v) is 7.19. The zero-order valence-electron chi connectivity index (χ0n) is 19.6. The molecule has 198 valence electrons. The zero-order chi connectivity index (χ0) is 26.4. The van der Waals surface area contributed by atoms with Crippen LogP contribution in [0.5, 0.6) is 0 Å². The van der Waals surface area contributed by atoms with Gasteiger partial charge in [0.05, 0.1) is 7.11 Å². The lowest BCUT2D eigenvalue weighted by molar-refractivity contribution is -0.138. The van der Waals surface area contributed by atoms with Crippen molar-refractivity contribution in [2.75, 3.05) is 14.2 Å². The van der Waals surface area contributed by atoms with Gasteiger partial charge >= 0.3 is 15.6 Å². The van der Waals surface area contributed by atoms with Crippen molar-refractivity contribution >= 4 is 40.0 Å². The van der Waals surface area contributed by atoms with Crippen molar-refractivity contribution in [2.24, 2.45) is 10.7 Å². The number of allylic oxidation sites excluding steroid dienone is 1. The van der Waals surface area contributed by atoms with E-state index < -0.39 is 39.1 Å². The Kier molecular flexibility index (Phi) is 7.51. The first-order chi connectivity index (χ1) is 16.9. The van der Waals surface area contributed by atoms with Crippen molar-refractivity contribution < 1.29 is 35.3 Å². The Morgan fingerprint density at radius 2 is 1.62 bits per heavy atom. The predicted molar refractivity (Wildman–Crippen MR) is 133 cm³/mol. The molecule has 0 aromatic heterocycles. The average Bonchev–Trinajstić information content (AvgIpc) is 3.09. The van der Waals surface area contributed by atoms with Gasteiger partial charge in [-0.1, -0.05) is 60.7 Å². The van der Waals surface area contributed by atoms with E-state index in [4.69, 9.17) is 14.7 Å². The number of carbonyl (C=O) groups is 1. The summed E-state index contributed by atoms with van der Waals surface area (Å²) in [5, 5.41) is 0. The number of nitrogens with two attached hydrogens (primary N) is 1. The smallest absolute Gasteiger partial charge is 0.497 e. The SMILES string of the molecule is COC1=CC(OS(=O)(=O)C(F)(F)F)(C2(c3ccccc3)N=C(N)N(C)C2=O)CC(c2ccccc2)=C1.Cl. The second-order valence-electron chi connectivity index (χ2n) is 8.25.